The highest BCUT2D eigenvalue weighted by molar-refractivity contribution is 6.07. The highest BCUT2D eigenvalue weighted by atomic mass is 16.2. The van der Waals surface area contributed by atoms with Gasteiger partial charge in [-0.3, -0.25) is 4.79 Å². The molecule has 152 valence electrons. The molecule has 29 heavy (non-hydrogen) atoms. The smallest absolute Gasteiger partial charge is 0.255 e. The highest BCUT2D eigenvalue weighted by Crippen LogP contribution is 2.29. The van der Waals surface area contributed by atoms with E-state index in [0.29, 0.717) is 0 Å². The summed E-state index contributed by atoms with van der Waals surface area (Å²) in [5.74, 6) is 0.0957. The number of nitrogens with zero attached hydrogens (tertiary/aromatic N) is 2. The second kappa shape index (κ2) is 8.77. The van der Waals surface area contributed by atoms with Crippen LogP contribution in [0.4, 0.5) is 0 Å². The van der Waals surface area contributed by atoms with Crippen molar-refractivity contribution in [2.24, 2.45) is 0 Å². The fraction of sp³-hybridized carbons (Fsp3) is 0.385. The van der Waals surface area contributed by atoms with Crippen molar-refractivity contribution < 1.29 is 4.79 Å². The van der Waals surface area contributed by atoms with Gasteiger partial charge in [0.05, 0.1) is 16.8 Å². The Labute approximate surface area is 174 Å². The molecule has 3 aromatic rings. The molecule has 2 aromatic carbocycles. The minimum atomic E-state index is 0.0957. The number of aromatic nitrogens is 1. The third-order valence-electron chi connectivity index (χ3n) is 5.97. The molecular weight excluding hydrogens is 356 g/mol. The fourth-order valence-electron chi connectivity index (χ4n) is 3.96. The topological polar surface area (TPSA) is 33.2 Å². The summed E-state index contributed by atoms with van der Waals surface area (Å²) >= 11 is 0. The summed E-state index contributed by atoms with van der Waals surface area (Å²) in [6.07, 6.45) is 1.87. The Kier molecular flexibility index (Phi) is 6.36. The Morgan fingerprint density at radius 2 is 1.62 bits per heavy atom. The third-order valence-corrected chi connectivity index (χ3v) is 5.97. The molecule has 3 rings (SSSR count). The first-order valence-electron chi connectivity index (χ1n) is 10.7. The molecule has 1 aromatic heterocycles. The van der Waals surface area contributed by atoms with Gasteiger partial charge in [-0.25, -0.2) is 4.98 Å². The molecule has 0 saturated heterocycles. The summed E-state index contributed by atoms with van der Waals surface area (Å²) in [6, 6.07) is 16.7. The van der Waals surface area contributed by atoms with Gasteiger partial charge in [0.2, 0.25) is 0 Å². The SMILES string of the molecule is CCC(C)N(C(=O)c1cc(-c2ccc(C)cc2C)nc2ccccc12)C(C)CC. The Morgan fingerprint density at radius 3 is 2.24 bits per heavy atom. The van der Waals surface area contributed by atoms with Gasteiger partial charge in [0, 0.05) is 23.0 Å². The first-order chi connectivity index (χ1) is 13.9. The number of para-hydroxylation sites is 1. The van der Waals surface area contributed by atoms with Crippen LogP contribution >= 0.6 is 0 Å². The van der Waals surface area contributed by atoms with E-state index in [4.69, 9.17) is 4.98 Å². The van der Waals surface area contributed by atoms with Gasteiger partial charge in [0.1, 0.15) is 0 Å². The molecule has 0 saturated carbocycles. The normalized spacial score (nSPS) is 13.3. The zero-order chi connectivity index (χ0) is 21.1. The van der Waals surface area contributed by atoms with Crippen molar-refractivity contribution in [3.05, 3.63) is 65.2 Å². The number of benzene rings is 2. The number of aryl methyl sites for hydroxylation is 2. The van der Waals surface area contributed by atoms with Gasteiger partial charge in [0.25, 0.3) is 5.91 Å². The molecule has 2 unspecified atom stereocenters. The minimum absolute atomic E-state index is 0.0957. The van der Waals surface area contributed by atoms with Gasteiger partial charge in [-0.05, 0) is 58.2 Å². The Morgan fingerprint density at radius 1 is 0.966 bits per heavy atom. The summed E-state index contributed by atoms with van der Waals surface area (Å²) in [5, 5.41) is 0.919. The quantitative estimate of drug-likeness (QED) is 0.479. The molecule has 0 radical (unpaired) electrons. The zero-order valence-electron chi connectivity index (χ0n) is 18.5. The van der Waals surface area contributed by atoms with Crippen LogP contribution in [0.5, 0.6) is 0 Å². The number of amides is 1. The molecule has 3 nitrogen and oxygen atoms in total. The second-order valence-corrected chi connectivity index (χ2v) is 8.12. The van der Waals surface area contributed by atoms with Gasteiger partial charge in [-0.2, -0.15) is 0 Å². The summed E-state index contributed by atoms with van der Waals surface area (Å²) in [5.41, 5.74) is 5.94. The van der Waals surface area contributed by atoms with E-state index < -0.39 is 0 Å². The van der Waals surface area contributed by atoms with E-state index in [1.54, 1.807) is 0 Å². The van der Waals surface area contributed by atoms with Gasteiger partial charge in [-0.1, -0.05) is 55.8 Å². The molecule has 2 atom stereocenters. The predicted molar refractivity (Wildman–Crippen MR) is 122 cm³/mol. The van der Waals surface area contributed by atoms with Crippen molar-refractivity contribution in [2.75, 3.05) is 0 Å². The molecular formula is C26H32N2O. The van der Waals surface area contributed by atoms with Crippen LogP contribution < -0.4 is 0 Å². The lowest BCUT2D eigenvalue weighted by Crippen LogP contribution is -2.44. The highest BCUT2D eigenvalue weighted by Gasteiger charge is 2.26. The lowest BCUT2D eigenvalue weighted by Gasteiger charge is -2.34. The fourth-order valence-corrected chi connectivity index (χ4v) is 3.96. The van der Waals surface area contributed by atoms with Crippen LogP contribution in [0.1, 0.15) is 62.0 Å². The van der Waals surface area contributed by atoms with Crippen LogP contribution in [0.2, 0.25) is 0 Å². The second-order valence-electron chi connectivity index (χ2n) is 8.12. The molecule has 1 heterocycles. The van der Waals surface area contributed by atoms with Crippen LogP contribution in [0.25, 0.3) is 22.2 Å². The minimum Gasteiger partial charge on any atom is -0.333 e. The lowest BCUT2D eigenvalue weighted by atomic mass is 9.98. The van der Waals surface area contributed by atoms with Gasteiger partial charge in [0.15, 0.2) is 0 Å². The van der Waals surface area contributed by atoms with Crippen LogP contribution in [0.15, 0.2) is 48.5 Å². The number of hydrogen-bond acceptors (Lipinski definition) is 2. The van der Waals surface area contributed by atoms with Crippen molar-refractivity contribution in [3.8, 4) is 11.3 Å². The summed E-state index contributed by atoms with van der Waals surface area (Å²) < 4.78 is 0. The molecule has 0 fully saturated rings. The van der Waals surface area contributed by atoms with Crippen LogP contribution in [-0.2, 0) is 0 Å². The number of carbonyl (C=O) groups is 1. The maximum absolute atomic E-state index is 13.8. The van der Waals surface area contributed by atoms with E-state index in [1.165, 1.54) is 11.1 Å². The summed E-state index contributed by atoms with van der Waals surface area (Å²) in [4.78, 5) is 20.7. The number of hydrogen-bond donors (Lipinski definition) is 0. The van der Waals surface area contributed by atoms with E-state index in [2.05, 4.69) is 59.7 Å². The van der Waals surface area contributed by atoms with Crippen LogP contribution in [0.3, 0.4) is 0 Å². The van der Waals surface area contributed by atoms with Crippen molar-refractivity contribution in [1.29, 1.82) is 0 Å². The van der Waals surface area contributed by atoms with Crippen LogP contribution in [0, 0.1) is 13.8 Å². The average molecular weight is 389 g/mol. The number of rotatable bonds is 6. The molecule has 1 amide bonds. The van der Waals surface area contributed by atoms with Crippen molar-refractivity contribution >= 4 is 16.8 Å². The Hall–Kier alpha value is -2.68. The lowest BCUT2D eigenvalue weighted by molar-refractivity contribution is 0.0600. The summed E-state index contributed by atoms with van der Waals surface area (Å²) in [6.45, 7) is 12.7. The van der Waals surface area contributed by atoms with Crippen LogP contribution in [-0.4, -0.2) is 27.9 Å². The number of pyridine rings is 1. The van der Waals surface area contributed by atoms with Crippen molar-refractivity contribution in [3.63, 3.8) is 0 Å². The monoisotopic (exact) mass is 388 g/mol. The van der Waals surface area contributed by atoms with Gasteiger partial charge >= 0.3 is 0 Å². The molecule has 3 heteroatoms. The van der Waals surface area contributed by atoms with Crippen molar-refractivity contribution in [2.45, 2.75) is 66.5 Å². The first kappa shape index (κ1) is 21.0. The maximum atomic E-state index is 13.8. The number of fused-ring (bicyclic) bond motifs is 1. The predicted octanol–water partition coefficient (Wildman–Crippen LogP) is 6.56. The maximum Gasteiger partial charge on any atom is 0.255 e. The van der Waals surface area contributed by atoms with E-state index in [1.807, 2.05) is 35.2 Å². The summed E-state index contributed by atoms with van der Waals surface area (Å²) in [7, 11) is 0. The molecule has 0 aliphatic rings. The average Bonchev–Trinajstić information content (AvgIpc) is 2.72. The van der Waals surface area contributed by atoms with Crippen molar-refractivity contribution in [1.82, 2.24) is 9.88 Å². The molecule has 0 bridgehead atoms. The number of carbonyl (C=O) groups excluding carboxylic acids is 1. The van der Waals surface area contributed by atoms with Gasteiger partial charge < -0.3 is 4.90 Å². The first-order valence-corrected chi connectivity index (χ1v) is 10.7. The van der Waals surface area contributed by atoms with E-state index in [9.17, 15) is 4.79 Å². The molecule has 0 spiro atoms. The van der Waals surface area contributed by atoms with E-state index in [0.717, 1.165) is 40.6 Å². The third kappa shape index (κ3) is 4.19. The standard InChI is InChI=1S/C26H32N2O/c1-7-19(5)28(20(6)8-2)26(29)23-16-25(21-14-13-17(3)15-18(21)4)27-24-12-10-9-11-22(23)24/h9-16,19-20H,7-8H2,1-6H3. The van der Waals surface area contributed by atoms with E-state index in [-0.39, 0.29) is 18.0 Å². The molecule has 0 aliphatic carbocycles. The molecule has 0 aliphatic heterocycles. The van der Waals surface area contributed by atoms with E-state index >= 15 is 0 Å². The van der Waals surface area contributed by atoms with Gasteiger partial charge in [-0.15, -0.1) is 0 Å². The largest absolute Gasteiger partial charge is 0.333 e. The Balaban J connectivity index is 2.21. The Bertz CT molecular complexity index is 1010. The molecule has 0 N–H and O–H groups in total. The zero-order valence-corrected chi connectivity index (χ0v) is 18.5.